The van der Waals surface area contributed by atoms with Crippen molar-refractivity contribution in [3.63, 3.8) is 0 Å². The third kappa shape index (κ3) is 4.94. The first-order chi connectivity index (χ1) is 18.5. The molecule has 1 aliphatic heterocycles. The largest absolute Gasteiger partial charge is 0.495 e. The molecule has 0 amide bonds. The van der Waals surface area contributed by atoms with Crippen molar-refractivity contribution in [1.29, 1.82) is 0 Å². The van der Waals surface area contributed by atoms with Gasteiger partial charge in [-0.15, -0.1) is 0 Å². The van der Waals surface area contributed by atoms with Crippen LogP contribution in [0.2, 0.25) is 0 Å². The number of carbonyl (C=O) groups excluding carboxylic acids is 1. The van der Waals surface area contributed by atoms with Gasteiger partial charge in [-0.3, -0.25) is 4.79 Å². The maximum Gasteiger partial charge on any atom is 0.194 e. The maximum atomic E-state index is 13.4. The van der Waals surface area contributed by atoms with Crippen molar-refractivity contribution in [2.75, 3.05) is 38.2 Å². The molecule has 4 aromatic carbocycles. The van der Waals surface area contributed by atoms with E-state index in [1.54, 1.807) is 31.2 Å². The summed E-state index contributed by atoms with van der Waals surface area (Å²) in [4.78, 5) is 18.7. The molecule has 0 bridgehead atoms. The molecule has 0 aromatic heterocycles. The molecular formula is C31H27FN2O2S2. The molecule has 0 radical (unpaired) electrons. The predicted octanol–water partition coefficient (Wildman–Crippen LogP) is 7.33. The highest BCUT2D eigenvalue weighted by atomic mass is 32.2. The van der Waals surface area contributed by atoms with E-state index < -0.39 is 0 Å². The molecule has 4 aromatic rings. The smallest absolute Gasteiger partial charge is 0.194 e. The van der Waals surface area contributed by atoms with Crippen LogP contribution >= 0.6 is 23.7 Å². The van der Waals surface area contributed by atoms with Crippen molar-refractivity contribution in [1.82, 2.24) is 4.31 Å². The lowest BCUT2D eigenvalue weighted by atomic mass is 10.1. The summed E-state index contributed by atoms with van der Waals surface area (Å²) in [5, 5.41) is 0. The molecule has 1 aliphatic carbocycles. The Bertz CT molecular complexity index is 1520. The fourth-order valence-electron chi connectivity index (χ4n) is 5.01. The monoisotopic (exact) mass is 542 g/mol. The highest BCUT2D eigenvalue weighted by molar-refractivity contribution is 7.99. The van der Waals surface area contributed by atoms with Crippen molar-refractivity contribution in [3.05, 3.63) is 101 Å². The number of ether oxygens (including phenoxy) is 1. The van der Waals surface area contributed by atoms with Crippen LogP contribution in [-0.4, -0.2) is 43.4 Å². The molecular weight excluding hydrogens is 515 g/mol. The summed E-state index contributed by atoms with van der Waals surface area (Å²) in [6.07, 6.45) is 0. The van der Waals surface area contributed by atoms with E-state index in [-0.39, 0.29) is 11.6 Å². The zero-order valence-electron chi connectivity index (χ0n) is 21.2. The molecule has 0 atom stereocenters. The molecule has 0 N–H and O–H groups in total. The van der Waals surface area contributed by atoms with Gasteiger partial charge in [0.2, 0.25) is 0 Å². The Kier molecular flexibility index (Phi) is 6.91. The number of aryl methyl sites for hydroxylation is 1. The number of fused-ring (bicyclic) bond motifs is 3. The number of hydrogen-bond donors (Lipinski definition) is 0. The Morgan fingerprint density at radius 2 is 1.37 bits per heavy atom. The van der Waals surface area contributed by atoms with Crippen LogP contribution in [0.1, 0.15) is 21.5 Å². The zero-order chi connectivity index (χ0) is 26.2. The summed E-state index contributed by atoms with van der Waals surface area (Å²) in [5.74, 6) is 0.730. The molecule has 2 aliphatic rings. The lowest BCUT2D eigenvalue weighted by Crippen LogP contribution is -2.43. The van der Waals surface area contributed by atoms with Crippen LogP contribution in [-0.2, 0) is 0 Å². The van der Waals surface area contributed by atoms with Gasteiger partial charge in [0.1, 0.15) is 11.6 Å². The summed E-state index contributed by atoms with van der Waals surface area (Å²) in [7, 11) is 1.73. The summed E-state index contributed by atoms with van der Waals surface area (Å²) in [6, 6.07) is 25.0. The highest BCUT2D eigenvalue weighted by Gasteiger charge is 2.28. The van der Waals surface area contributed by atoms with Crippen molar-refractivity contribution in [2.24, 2.45) is 0 Å². The lowest BCUT2D eigenvalue weighted by molar-refractivity contribution is 0.104. The molecule has 7 heteroatoms. The zero-order valence-corrected chi connectivity index (χ0v) is 22.9. The van der Waals surface area contributed by atoms with Gasteiger partial charge < -0.3 is 9.64 Å². The van der Waals surface area contributed by atoms with E-state index in [4.69, 9.17) is 4.74 Å². The number of rotatable bonds is 6. The fourth-order valence-corrected chi connectivity index (χ4v) is 6.81. The average molecular weight is 543 g/mol. The van der Waals surface area contributed by atoms with Gasteiger partial charge in [-0.25, -0.2) is 8.70 Å². The third-order valence-electron chi connectivity index (χ3n) is 6.96. The van der Waals surface area contributed by atoms with Gasteiger partial charge in [-0.05, 0) is 96.2 Å². The van der Waals surface area contributed by atoms with Gasteiger partial charge in [0.05, 0.1) is 12.8 Å². The number of anilines is 1. The molecule has 192 valence electrons. The quantitative estimate of drug-likeness (QED) is 0.209. The van der Waals surface area contributed by atoms with E-state index in [0.29, 0.717) is 0 Å². The fraction of sp³-hybridized carbons (Fsp3) is 0.194. The Balaban J connectivity index is 1.13. The van der Waals surface area contributed by atoms with E-state index in [1.807, 2.05) is 24.3 Å². The van der Waals surface area contributed by atoms with E-state index in [9.17, 15) is 9.18 Å². The maximum absolute atomic E-state index is 13.4. The van der Waals surface area contributed by atoms with Crippen molar-refractivity contribution < 1.29 is 13.9 Å². The summed E-state index contributed by atoms with van der Waals surface area (Å²) < 4.78 is 21.2. The standard InChI is InChI=1S/C31H27FN2O2S2/c1-20-3-12-29(30(17-20)36-2)33-13-15-34(16-14-33)38-24-9-11-26-25-10-8-23(18-27(25)31(35)28(26)19-24)37-22-6-4-21(32)5-7-22/h3-12,17-19H,13-16H2,1-2H3. The van der Waals surface area contributed by atoms with Crippen molar-refractivity contribution >= 4 is 35.2 Å². The van der Waals surface area contributed by atoms with E-state index in [0.717, 1.165) is 74.6 Å². The van der Waals surface area contributed by atoms with Gasteiger partial charge >= 0.3 is 0 Å². The lowest BCUT2D eigenvalue weighted by Gasteiger charge is -2.36. The average Bonchev–Trinajstić information content (AvgIpc) is 3.21. The first-order valence-corrected chi connectivity index (χ1v) is 14.2. The van der Waals surface area contributed by atoms with E-state index in [1.165, 1.54) is 29.5 Å². The number of ketones is 1. The summed E-state index contributed by atoms with van der Waals surface area (Å²) >= 11 is 3.24. The van der Waals surface area contributed by atoms with Gasteiger partial charge in [0.15, 0.2) is 5.78 Å². The molecule has 1 heterocycles. The summed E-state index contributed by atoms with van der Waals surface area (Å²) in [5.41, 5.74) is 5.79. The Morgan fingerprint density at radius 3 is 2.05 bits per heavy atom. The SMILES string of the molecule is COc1cc(C)ccc1N1CCN(Sc2ccc3c(c2)C(=O)c2cc(Sc4ccc(F)cc4)ccc2-3)CC1. The van der Waals surface area contributed by atoms with Crippen LogP contribution in [0.5, 0.6) is 5.75 Å². The highest BCUT2D eigenvalue weighted by Crippen LogP contribution is 2.41. The first kappa shape index (κ1) is 25.0. The van der Waals surface area contributed by atoms with Gasteiger partial charge in [0.25, 0.3) is 0 Å². The molecule has 1 saturated heterocycles. The minimum atomic E-state index is -0.254. The van der Waals surface area contributed by atoms with Crippen LogP contribution in [0.3, 0.4) is 0 Å². The van der Waals surface area contributed by atoms with Crippen LogP contribution in [0.4, 0.5) is 10.1 Å². The Morgan fingerprint density at radius 1 is 0.737 bits per heavy atom. The van der Waals surface area contributed by atoms with Crippen LogP contribution in [0, 0.1) is 12.7 Å². The van der Waals surface area contributed by atoms with Gasteiger partial charge in [0, 0.05) is 52.0 Å². The van der Waals surface area contributed by atoms with E-state index in [2.05, 4.69) is 46.5 Å². The number of piperazine rings is 1. The minimum absolute atomic E-state index is 0.0651. The predicted molar refractivity (Wildman–Crippen MR) is 153 cm³/mol. The normalized spacial score (nSPS) is 14.9. The molecule has 6 rings (SSSR count). The molecule has 0 unspecified atom stereocenters. The molecule has 4 nitrogen and oxygen atoms in total. The second-order valence-electron chi connectivity index (χ2n) is 9.48. The number of halogens is 1. The Labute approximate surface area is 230 Å². The van der Waals surface area contributed by atoms with Crippen LogP contribution in [0.25, 0.3) is 11.1 Å². The summed E-state index contributed by atoms with van der Waals surface area (Å²) in [6.45, 7) is 5.73. The van der Waals surface area contributed by atoms with Crippen molar-refractivity contribution in [3.8, 4) is 16.9 Å². The number of carbonyl (C=O) groups is 1. The number of nitrogens with zero attached hydrogens (tertiary/aromatic N) is 2. The third-order valence-corrected chi connectivity index (χ3v) is 9.05. The van der Waals surface area contributed by atoms with Gasteiger partial charge in [-0.2, -0.15) is 0 Å². The number of hydrogen-bond acceptors (Lipinski definition) is 6. The number of methoxy groups -OCH3 is 1. The number of benzene rings is 4. The van der Waals surface area contributed by atoms with E-state index >= 15 is 0 Å². The second-order valence-corrected chi connectivity index (χ2v) is 11.8. The topological polar surface area (TPSA) is 32.8 Å². The molecule has 1 fully saturated rings. The first-order valence-electron chi connectivity index (χ1n) is 12.6. The molecule has 0 saturated carbocycles. The van der Waals surface area contributed by atoms with Gasteiger partial charge in [-0.1, -0.05) is 30.0 Å². The van der Waals surface area contributed by atoms with Crippen LogP contribution < -0.4 is 9.64 Å². The molecule has 38 heavy (non-hydrogen) atoms. The van der Waals surface area contributed by atoms with Crippen LogP contribution in [0.15, 0.2) is 93.5 Å². The Hall–Kier alpha value is -3.26. The molecule has 0 spiro atoms. The minimum Gasteiger partial charge on any atom is -0.495 e. The van der Waals surface area contributed by atoms with Crippen molar-refractivity contribution in [2.45, 2.75) is 21.6 Å². The second kappa shape index (κ2) is 10.5.